The molecule has 3 heteroatoms. The third-order valence-electron chi connectivity index (χ3n) is 3.88. The molecule has 0 aromatic rings. The van der Waals surface area contributed by atoms with Crippen molar-refractivity contribution in [3.05, 3.63) is 0 Å². The molecule has 0 saturated heterocycles. The van der Waals surface area contributed by atoms with Crippen molar-refractivity contribution in [2.75, 3.05) is 13.1 Å². The van der Waals surface area contributed by atoms with Gasteiger partial charge in [-0.25, -0.2) is 0 Å². The standard InChI is InChI=1S/C18H38N2S/c1-3-5-7-9-10-11-12-13-15-17-20-18(21)19-16-14-8-6-4-2/h3-17H2,1-2H3,(H2,19,20,21). The van der Waals surface area contributed by atoms with Gasteiger partial charge in [-0.05, 0) is 25.1 Å². The first-order chi connectivity index (χ1) is 10.3. The maximum absolute atomic E-state index is 5.27. The van der Waals surface area contributed by atoms with Gasteiger partial charge in [0.2, 0.25) is 0 Å². The SMILES string of the molecule is CCCCCCCCCCCNC(=S)NCCCCCC. The quantitative estimate of drug-likeness (QED) is 0.305. The lowest BCUT2D eigenvalue weighted by atomic mass is 10.1. The molecule has 0 heterocycles. The highest BCUT2D eigenvalue weighted by atomic mass is 32.1. The third kappa shape index (κ3) is 17.6. The van der Waals surface area contributed by atoms with Crippen LogP contribution in [0, 0.1) is 0 Å². The zero-order valence-electron chi connectivity index (χ0n) is 14.5. The molecule has 0 rings (SSSR count). The van der Waals surface area contributed by atoms with Gasteiger partial charge in [-0.2, -0.15) is 0 Å². The number of hydrogen-bond donors (Lipinski definition) is 2. The summed E-state index contributed by atoms with van der Waals surface area (Å²) in [6, 6.07) is 0. The van der Waals surface area contributed by atoms with E-state index in [4.69, 9.17) is 12.2 Å². The van der Waals surface area contributed by atoms with Crippen molar-refractivity contribution >= 4 is 17.3 Å². The Kier molecular flexibility index (Phi) is 17.5. The Morgan fingerprint density at radius 3 is 1.33 bits per heavy atom. The maximum Gasteiger partial charge on any atom is 0.166 e. The monoisotopic (exact) mass is 314 g/mol. The Bertz CT molecular complexity index is 219. The van der Waals surface area contributed by atoms with Crippen LogP contribution >= 0.6 is 12.2 Å². The van der Waals surface area contributed by atoms with Gasteiger partial charge in [-0.3, -0.25) is 0 Å². The van der Waals surface area contributed by atoms with Crippen LogP contribution in [-0.2, 0) is 0 Å². The number of rotatable bonds is 15. The fourth-order valence-corrected chi connectivity index (χ4v) is 2.66. The van der Waals surface area contributed by atoms with Crippen LogP contribution in [0.5, 0.6) is 0 Å². The molecule has 0 aliphatic rings. The maximum atomic E-state index is 5.27. The second-order valence-electron chi connectivity index (χ2n) is 6.07. The molecule has 0 amide bonds. The second-order valence-corrected chi connectivity index (χ2v) is 6.48. The third-order valence-corrected chi connectivity index (χ3v) is 4.17. The molecule has 0 atom stereocenters. The van der Waals surface area contributed by atoms with Crippen molar-refractivity contribution in [3.8, 4) is 0 Å². The van der Waals surface area contributed by atoms with Crippen molar-refractivity contribution in [1.82, 2.24) is 10.6 Å². The first-order valence-electron chi connectivity index (χ1n) is 9.33. The summed E-state index contributed by atoms with van der Waals surface area (Å²) in [7, 11) is 0. The van der Waals surface area contributed by atoms with E-state index >= 15 is 0 Å². The summed E-state index contributed by atoms with van der Waals surface area (Å²) in [5, 5.41) is 7.44. The van der Waals surface area contributed by atoms with Crippen LogP contribution in [0.1, 0.15) is 97.3 Å². The van der Waals surface area contributed by atoms with E-state index in [0.717, 1.165) is 18.2 Å². The summed E-state index contributed by atoms with van der Waals surface area (Å²) in [6.45, 7) is 6.56. The fraction of sp³-hybridized carbons (Fsp3) is 0.944. The lowest BCUT2D eigenvalue weighted by Crippen LogP contribution is -2.36. The molecule has 0 saturated carbocycles. The minimum Gasteiger partial charge on any atom is -0.363 e. The molecule has 0 aliphatic carbocycles. The largest absolute Gasteiger partial charge is 0.363 e. The molecular formula is C18H38N2S. The first kappa shape index (κ1) is 20.7. The molecule has 0 spiro atoms. The Morgan fingerprint density at radius 1 is 0.571 bits per heavy atom. The van der Waals surface area contributed by atoms with Crippen LogP contribution in [0.15, 0.2) is 0 Å². The van der Waals surface area contributed by atoms with E-state index in [1.54, 1.807) is 0 Å². The summed E-state index contributed by atoms with van der Waals surface area (Å²) in [6.07, 6.45) is 17.6. The van der Waals surface area contributed by atoms with Gasteiger partial charge in [0.25, 0.3) is 0 Å². The van der Waals surface area contributed by atoms with E-state index in [2.05, 4.69) is 24.5 Å². The van der Waals surface area contributed by atoms with Crippen LogP contribution < -0.4 is 10.6 Å². The van der Waals surface area contributed by atoms with Crippen molar-refractivity contribution in [3.63, 3.8) is 0 Å². The van der Waals surface area contributed by atoms with Gasteiger partial charge in [0.15, 0.2) is 5.11 Å². The Labute approximate surface area is 138 Å². The van der Waals surface area contributed by atoms with Gasteiger partial charge in [0, 0.05) is 13.1 Å². The lowest BCUT2D eigenvalue weighted by molar-refractivity contribution is 0.562. The average Bonchev–Trinajstić information content (AvgIpc) is 2.49. The molecule has 0 fully saturated rings. The van der Waals surface area contributed by atoms with Gasteiger partial charge in [0.1, 0.15) is 0 Å². The van der Waals surface area contributed by atoms with Crippen molar-refractivity contribution < 1.29 is 0 Å². The molecule has 0 radical (unpaired) electrons. The molecule has 0 aromatic carbocycles. The Morgan fingerprint density at radius 2 is 0.905 bits per heavy atom. The summed E-state index contributed by atoms with van der Waals surface area (Å²) in [5.74, 6) is 0. The van der Waals surface area contributed by atoms with Gasteiger partial charge < -0.3 is 10.6 Å². The molecule has 0 aromatic heterocycles. The van der Waals surface area contributed by atoms with Crippen molar-refractivity contribution in [1.29, 1.82) is 0 Å². The average molecular weight is 315 g/mol. The van der Waals surface area contributed by atoms with E-state index in [9.17, 15) is 0 Å². The minimum absolute atomic E-state index is 0.839. The molecule has 126 valence electrons. The van der Waals surface area contributed by atoms with Gasteiger partial charge in [-0.1, -0.05) is 84.5 Å². The number of hydrogen-bond acceptors (Lipinski definition) is 1. The smallest absolute Gasteiger partial charge is 0.166 e. The molecule has 2 nitrogen and oxygen atoms in total. The van der Waals surface area contributed by atoms with Crippen LogP contribution in [0.25, 0.3) is 0 Å². The number of thiocarbonyl (C=S) groups is 1. The zero-order valence-corrected chi connectivity index (χ0v) is 15.3. The minimum atomic E-state index is 0.839. The molecule has 0 aliphatic heterocycles. The van der Waals surface area contributed by atoms with E-state index in [-0.39, 0.29) is 0 Å². The molecule has 0 bridgehead atoms. The van der Waals surface area contributed by atoms with E-state index in [0.29, 0.717) is 0 Å². The molecule has 0 unspecified atom stereocenters. The van der Waals surface area contributed by atoms with Crippen molar-refractivity contribution in [2.24, 2.45) is 0 Å². The fourth-order valence-electron chi connectivity index (χ4n) is 2.45. The summed E-state index contributed by atoms with van der Waals surface area (Å²) in [5.41, 5.74) is 0. The highest BCUT2D eigenvalue weighted by Gasteiger charge is 1.95. The summed E-state index contributed by atoms with van der Waals surface area (Å²) < 4.78 is 0. The first-order valence-corrected chi connectivity index (χ1v) is 9.73. The molecule has 21 heavy (non-hydrogen) atoms. The van der Waals surface area contributed by atoms with E-state index < -0.39 is 0 Å². The number of unbranched alkanes of at least 4 members (excludes halogenated alkanes) is 11. The summed E-state index contributed by atoms with van der Waals surface area (Å²) >= 11 is 5.27. The van der Waals surface area contributed by atoms with Crippen LogP contribution in [-0.4, -0.2) is 18.2 Å². The predicted octanol–water partition coefficient (Wildman–Crippen LogP) is 5.56. The second kappa shape index (κ2) is 17.7. The topological polar surface area (TPSA) is 24.1 Å². The normalized spacial score (nSPS) is 10.6. The van der Waals surface area contributed by atoms with Gasteiger partial charge in [0.05, 0.1) is 0 Å². The Hall–Kier alpha value is -0.310. The molecule has 2 N–H and O–H groups in total. The highest BCUT2D eigenvalue weighted by molar-refractivity contribution is 7.80. The summed E-state index contributed by atoms with van der Waals surface area (Å²) in [4.78, 5) is 0. The Balaban J connectivity index is 3.11. The number of nitrogens with one attached hydrogen (secondary N) is 2. The van der Waals surface area contributed by atoms with Crippen LogP contribution in [0.3, 0.4) is 0 Å². The van der Waals surface area contributed by atoms with Gasteiger partial charge >= 0.3 is 0 Å². The zero-order chi connectivity index (χ0) is 15.6. The van der Waals surface area contributed by atoms with Crippen molar-refractivity contribution in [2.45, 2.75) is 97.3 Å². The van der Waals surface area contributed by atoms with Crippen LogP contribution in [0.2, 0.25) is 0 Å². The van der Waals surface area contributed by atoms with Crippen LogP contribution in [0.4, 0.5) is 0 Å². The van der Waals surface area contributed by atoms with E-state index in [1.165, 1.54) is 83.5 Å². The van der Waals surface area contributed by atoms with Gasteiger partial charge in [-0.15, -0.1) is 0 Å². The highest BCUT2D eigenvalue weighted by Crippen LogP contribution is 2.09. The molecular weight excluding hydrogens is 276 g/mol. The van der Waals surface area contributed by atoms with E-state index in [1.807, 2.05) is 0 Å². The predicted molar refractivity (Wildman–Crippen MR) is 100.0 cm³/mol. The lowest BCUT2D eigenvalue weighted by Gasteiger charge is -2.10.